The number of nitrogens with two attached hydrogens (primary N) is 2. The Labute approximate surface area is 147 Å². The summed E-state index contributed by atoms with van der Waals surface area (Å²) in [5.41, 5.74) is 8.65. The summed E-state index contributed by atoms with van der Waals surface area (Å²) in [6.07, 6.45) is 0. The fourth-order valence-corrected chi connectivity index (χ4v) is 2.65. The molecule has 23 heavy (non-hydrogen) atoms. The minimum absolute atomic E-state index is 0. The van der Waals surface area contributed by atoms with E-state index in [0.29, 0.717) is 17.3 Å². The van der Waals surface area contributed by atoms with Crippen LogP contribution in [0.15, 0.2) is 24.3 Å². The van der Waals surface area contributed by atoms with E-state index in [9.17, 15) is 0 Å². The van der Waals surface area contributed by atoms with Gasteiger partial charge in [-0.3, -0.25) is 4.84 Å². The number of imidazole rings is 1. The highest BCUT2D eigenvalue weighted by atomic mass is 35.5. The number of nitrogen functional groups attached to an aromatic ring is 1. The molecule has 0 saturated carbocycles. The SMILES string of the molecule is CC(C)Cn1c(CON)nc2c(N)nc3ccccc3c21.Cl.Cl. The normalized spacial score (nSPS) is 10.8. The molecule has 0 amide bonds. The molecule has 0 unspecified atom stereocenters. The van der Waals surface area contributed by atoms with Crippen molar-refractivity contribution in [1.82, 2.24) is 14.5 Å². The van der Waals surface area contributed by atoms with Crippen LogP contribution in [0.2, 0.25) is 0 Å². The number of pyridine rings is 1. The van der Waals surface area contributed by atoms with E-state index in [1.807, 2.05) is 24.3 Å². The zero-order valence-electron chi connectivity index (χ0n) is 13.0. The van der Waals surface area contributed by atoms with Gasteiger partial charge in [0.1, 0.15) is 17.9 Å². The topological polar surface area (TPSA) is 92.0 Å². The van der Waals surface area contributed by atoms with Crippen LogP contribution in [-0.2, 0) is 18.0 Å². The molecule has 0 fully saturated rings. The highest BCUT2D eigenvalue weighted by Crippen LogP contribution is 2.29. The zero-order chi connectivity index (χ0) is 15.0. The number of rotatable bonds is 4. The molecule has 2 aromatic heterocycles. The predicted molar refractivity (Wildman–Crippen MR) is 97.8 cm³/mol. The molecule has 0 aliphatic rings. The smallest absolute Gasteiger partial charge is 0.152 e. The van der Waals surface area contributed by atoms with Crippen LogP contribution in [0.5, 0.6) is 0 Å². The Morgan fingerprint density at radius 1 is 1.17 bits per heavy atom. The van der Waals surface area contributed by atoms with E-state index in [1.54, 1.807) is 0 Å². The molecule has 0 spiro atoms. The summed E-state index contributed by atoms with van der Waals surface area (Å²) in [5.74, 6) is 6.90. The summed E-state index contributed by atoms with van der Waals surface area (Å²) >= 11 is 0. The third-order valence-electron chi connectivity index (χ3n) is 3.45. The van der Waals surface area contributed by atoms with E-state index >= 15 is 0 Å². The molecule has 3 rings (SSSR count). The minimum atomic E-state index is 0. The number of halogens is 2. The zero-order valence-corrected chi connectivity index (χ0v) is 14.7. The first-order valence-electron chi connectivity index (χ1n) is 6.96. The van der Waals surface area contributed by atoms with Crippen molar-refractivity contribution in [3.05, 3.63) is 30.1 Å². The predicted octanol–water partition coefficient (Wildman–Crippen LogP) is 3.06. The van der Waals surface area contributed by atoms with Gasteiger partial charge in [-0.15, -0.1) is 24.8 Å². The third-order valence-corrected chi connectivity index (χ3v) is 3.45. The van der Waals surface area contributed by atoms with Crippen molar-refractivity contribution in [2.24, 2.45) is 11.8 Å². The van der Waals surface area contributed by atoms with Crippen LogP contribution in [0.3, 0.4) is 0 Å². The summed E-state index contributed by atoms with van der Waals surface area (Å²) in [6.45, 7) is 5.38. The minimum Gasteiger partial charge on any atom is -0.382 e. The van der Waals surface area contributed by atoms with E-state index in [2.05, 4.69) is 28.4 Å². The first-order chi connectivity index (χ1) is 10.1. The number of para-hydroxylation sites is 1. The van der Waals surface area contributed by atoms with Gasteiger partial charge >= 0.3 is 0 Å². The molecule has 2 heterocycles. The molecule has 0 aliphatic heterocycles. The maximum atomic E-state index is 6.07. The Morgan fingerprint density at radius 3 is 2.52 bits per heavy atom. The molecule has 6 nitrogen and oxygen atoms in total. The van der Waals surface area contributed by atoms with Gasteiger partial charge in [0.15, 0.2) is 5.82 Å². The second-order valence-electron chi connectivity index (χ2n) is 5.55. The molecular weight excluding hydrogens is 337 g/mol. The van der Waals surface area contributed by atoms with Crippen molar-refractivity contribution < 1.29 is 4.84 Å². The molecule has 0 saturated heterocycles. The number of nitrogens with zero attached hydrogens (tertiary/aromatic N) is 3. The van der Waals surface area contributed by atoms with Crippen molar-refractivity contribution in [3.8, 4) is 0 Å². The summed E-state index contributed by atoms with van der Waals surface area (Å²) in [7, 11) is 0. The average molecular weight is 358 g/mol. The van der Waals surface area contributed by atoms with Gasteiger partial charge in [0.05, 0.1) is 11.0 Å². The molecule has 0 atom stereocenters. The molecule has 0 radical (unpaired) electrons. The van der Waals surface area contributed by atoms with Gasteiger partial charge in [-0.2, -0.15) is 0 Å². The van der Waals surface area contributed by atoms with Gasteiger partial charge < -0.3 is 10.3 Å². The van der Waals surface area contributed by atoms with Gasteiger partial charge in [0.25, 0.3) is 0 Å². The molecule has 8 heteroatoms. The van der Waals surface area contributed by atoms with Crippen molar-refractivity contribution in [1.29, 1.82) is 0 Å². The third kappa shape index (κ3) is 3.50. The van der Waals surface area contributed by atoms with Crippen molar-refractivity contribution in [2.45, 2.75) is 27.0 Å². The van der Waals surface area contributed by atoms with Crippen LogP contribution in [-0.4, -0.2) is 14.5 Å². The quantitative estimate of drug-likeness (QED) is 0.700. The first kappa shape index (κ1) is 19.4. The maximum Gasteiger partial charge on any atom is 0.152 e. The number of fused-ring (bicyclic) bond motifs is 3. The lowest BCUT2D eigenvalue weighted by atomic mass is 10.1. The monoisotopic (exact) mass is 357 g/mol. The fraction of sp³-hybridized carbons (Fsp3) is 0.333. The molecule has 0 aliphatic carbocycles. The largest absolute Gasteiger partial charge is 0.382 e. The summed E-state index contributed by atoms with van der Waals surface area (Å²) in [5, 5.41) is 1.04. The highest BCUT2D eigenvalue weighted by Gasteiger charge is 2.17. The number of hydrogen-bond donors (Lipinski definition) is 2. The van der Waals surface area contributed by atoms with Gasteiger partial charge in [-0.1, -0.05) is 32.0 Å². The standard InChI is InChI=1S/C15H19N5O.2ClH/c1-9(2)7-20-12(8-21-17)19-13-14(20)10-5-3-4-6-11(10)18-15(13)16;;/h3-6,9H,7-8,17H2,1-2H3,(H2,16,18);2*1H. The number of anilines is 1. The van der Waals surface area contributed by atoms with Gasteiger partial charge in [-0.05, 0) is 12.0 Å². The van der Waals surface area contributed by atoms with E-state index in [0.717, 1.165) is 28.8 Å². The van der Waals surface area contributed by atoms with E-state index in [1.165, 1.54) is 0 Å². The Kier molecular flexibility index (Phi) is 6.58. The summed E-state index contributed by atoms with van der Waals surface area (Å²) < 4.78 is 2.13. The lowest BCUT2D eigenvalue weighted by Crippen LogP contribution is -2.11. The lowest BCUT2D eigenvalue weighted by molar-refractivity contribution is 0.115. The highest BCUT2D eigenvalue weighted by molar-refractivity contribution is 6.06. The maximum absolute atomic E-state index is 6.07. The Morgan fingerprint density at radius 2 is 1.87 bits per heavy atom. The molecular formula is C15H21Cl2N5O. The number of benzene rings is 1. The Hall–Kier alpha value is -1.60. The average Bonchev–Trinajstić information content (AvgIpc) is 2.79. The van der Waals surface area contributed by atoms with Crippen LogP contribution >= 0.6 is 24.8 Å². The van der Waals surface area contributed by atoms with E-state index < -0.39 is 0 Å². The van der Waals surface area contributed by atoms with Crippen LogP contribution in [0.4, 0.5) is 5.82 Å². The van der Waals surface area contributed by atoms with Gasteiger partial charge in [0, 0.05) is 11.9 Å². The van der Waals surface area contributed by atoms with Crippen LogP contribution in [0.1, 0.15) is 19.7 Å². The summed E-state index contributed by atoms with van der Waals surface area (Å²) in [4.78, 5) is 13.8. The molecule has 1 aromatic carbocycles. The van der Waals surface area contributed by atoms with E-state index in [-0.39, 0.29) is 31.4 Å². The summed E-state index contributed by atoms with van der Waals surface area (Å²) in [6, 6.07) is 7.94. The van der Waals surface area contributed by atoms with Crippen LogP contribution in [0.25, 0.3) is 21.9 Å². The van der Waals surface area contributed by atoms with Crippen LogP contribution < -0.4 is 11.6 Å². The molecule has 3 aromatic rings. The second kappa shape index (κ2) is 7.79. The van der Waals surface area contributed by atoms with Crippen molar-refractivity contribution >= 4 is 52.6 Å². The Bertz CT molecular complexity index is 803. The fourth-order valence-electron chi connectivity index (χ4n) is 2.65. The number of aromatic nitrogens is 3. The van der Waals surface area contributed by atoms with Crippen LogP contribution in [0, 0.1) is 5.92 Å². The second-order valence-corrected chi connectivity index (χ2v) is 5.55. The lowest BCUT2D eigenvalue weighted by Gasteiger charge is -2.12. The van der Waals surface area contributed by atoms with Gasteiger partial charge in [0.2, 0.25) is 0 Å². The molecule has 0 bridgehead atoms. The molecule has 4 N–H and O–H groups in total. The number of hydrogen-bond acceptors (Lipinski definition) is 5. The Balaban J connectivity index is 0.00000132. The van der Waals surface area contributed by atoms with Gasteiger partial charge in [-0.25, -0.2) is 15.9 Å². The van der Waals surface area contributed by atoms with Crippen molar-refractivity contribution in [2.75, 3.05) is 5.73 Å². The van der Waals surface area contributed by atoms with E-state index in [4.69, 9.17) is 16.5 Å². The molecule has 126 valence electrons. The first-order valence-corrected chi connectivity index (χ1v) is 6.96. The van der Waals surface area contributed by atoms with Crippen molar-refractivity contribution in [3.63, 3.8) is 0 Å².